The lowest BCUT2D eigenvalue weighted by Crippen LogP contribution is -2.26. The molecule has 1 saturated carbocycles. The number of nitrogens with two attached hydrogens (primary N) is 1. The molecule has 0 amide bonds. The van der Waals surface area contributed by atoms with Crippen LogP contribution in [-0.4, -0.2) is 17.3 Å². The summed E-state index contributed by atoms with van der Waals surface area (Å²) in [6.45, 7) is 0.132. The Morgan fingerprint density at radius 1 is 1.47 bits per heavy atom. The number of hydrogen-bond acceptors (Lipinski definition) is 6. The van der Waals surface area contributed by atoms with Crippen LogP contribution in [0.4, 0.5) is 0 Å². The number of nitrogens with zero attached hydrogens (tertiary/aromatic N) is 2. The molecule has 15 heavy (non-hydrogen) atoms. The molecule has 1 aliphatic rings. The number of rotatable bonds is 4. The van der Waals surface area contributed by atoms with Crippen molar-refractivity contribution in [2.24, 2.45) is 5.90 Å². The van der Waals surface area contributed by atoms with E-state index >= 15 is 0 Å². The van der Waals surface area contributed by atoms with Crippen LogP contribution in [0, 0.1) is 0 Å². The van der Waals surface area contributed by atoms with Gasteiger partial charge >= 0.3 is 0 Å². The smallest absolute Gasteiger partial charge is 0.254 e. The van der Waals surface area contributed by atoms with Gasteiger partial charge in [0.15, 0.2) is 0 Å². The van der Waals surface area contributed by atoms with E-state index in [1.165, 1.54) is 0 Å². The molecule has 0 spiro atoms. The van der Waals surface area contributed by atoms with Crippen molar-refractivity contribution in [2.45, 2.75) is 37.9 Å². The Labute approximate surface area is 87.7 Å². The number of ether oxygens (including phenoxy) is 1. The van der Waals surface area contributed by atoms with E-state index in [0.717, 1.165) is 25.7 Å². The molecule has 6 nitrogen and oxygen atoms in total. The van der Waals surface area contributed by atoms with Gasteiger partial charge in [-0.15, -0.1) is 0 Å². The molecule has 84 valence electrons. The van der Waals surface area contributed by atoms with E-state index in [9.17, 15) is 0 Å². The second-order valence-corrected chi connectivity index (χ2v) is 3.73. The first kappa shape index (κ1) is 10.5. The highest BCUT2D eigenvalue weighted by molar-refractivity contribution is 5.04. The van der Waals surface area contributed by atoms with E-state index in [1.807, 2.05) is 0 Å². The fourth-order valence-corrected chi connectivity index (χ4v) is 2.03. The Morgan fingerprint density at radius 3 is 2.80 bits per heavy atom. The van der Waals surface area contributed by atoms with E-state index in [4.69, 9.17) is 15.2 Å². The fraction of sp³-hybridized carbons (Fsp3) is 0.778. The molecule has 0 saturated heterocycles. The third-order valence-electron chi connectivity index (χ3n) is 2.88. The highest BCUT2D eigenvalue weighted by Crippen LogP contribution is 2.39. The first-order valence-electron chi connectivity index (χ1n) is 5.00. The maximum atomic E-state index is 5.52. The van der Waals surface area contributed by atoms with Gasteiger partial charge in [0.05, 0.1) is 0 Å². The molecular weight excluding hydrogens is 198 g/mol. The lowest BCUT2D eigenvalue weighted by atomic mass is 10.0. The average Bonchev–Trinajstić information content (AvgIpc) is 2.86. The highest BCUT2D eigenvalue weighted by atomic mass is 16.6. The summed E-state index contributed by atoms with van der Waals surface area (Å²) < 4.78 is 10.5. The molecule has 0 aliphatic heterocycles. The quantitative estimate of drug-likeness (QED) is 0.747. The summed E-state index contributed by atoms with van der Waals surface area (Å²) in [5.41, 5.74) is -0.365. The monoisotopic (exact) mass is 213 g/mol. The van der Waals surface area contributed by atoms with Gasteiger partial charge in [-0.05, 0) is 25.7 Å². The second kappa shape index (κ2) is 4.26. The van der Waals surface area contributed by atoms with Crippen molar-refractivity contribution in [3.05, 3.63) is 11.7 Å². The topological polar surface area (TPSA) is 83.4 Å². The molecule has 0 radical (unpaired) electrons. The van der Waals surface area contributed by atoms with E-state index in [1.54, 1.807) is 7.11 Å². The molecule has 2 N–H and O–H groups in total. The zero-order chi connectivity index (χ0) is 10.7. The molecule has 6 heteroatoms. The van der Waals surface area contributed by atoms with E-state index in [0.29, 0.717) is 11.7 Å². The van der Waals surface area contributed by atoms with E-state index < -0.39 is 0 Å². The van der Waals surface area contributed by atoms with Gasteiger partial charge in [-0.3, -0.25) is 4.84 Å². The van der Waals surface area contributed by atoms with Crippen LogP contribution in [0.5, 0.6) is 0 Å². The molecule has 1 aliphatic carbocycles. The van der Waals surface area contributed by atoms with Crippen molar-refractivity contribution < 1.29 is 14.1 Å². The second-order valence-electron chi connectivity index (χ2n) is 3.73. The first-order chi connectivity index (χ1) is 7.30. The Bertz CT molecular complexity index is 320. The molecule has 1 heterocycles. The van der Waals surface area contributed by atoms with E-state index in [2.05, 4.69) is 15.0 Å². The van der Waals surface area contributed by atoms with Crippen LogP contribution in [0.1, 0.15) is 37.4 Å². The van der Waals surface area contributed by atoms with E-state index in [-0.39, 0.29) is 12.2 Å². The van der Waals surface area contributed by atoms with Crippen molar-refractivity contribution >= 4 is 0 Å². The zero-order valence-corrected chi connectivity index (χ0v) is 8.73. The van der Waals surface area contributed by atoms with Gasteiger partial charge in [-0.2, -0.15) is 4.98 Å². The van der Waals surface area contributed by atoms with Crippen LogP contribution in [-0.2, 0) is 21.8 Å². The minimum absolute atomic E-state index is 0.132. The Hall–Kier alpha value is -0.980. The van der Waals surface area contributed by atoms with Crippen LogP contribution < -0.4 is 5.90 Å². The minimum Gasteiger partial charge on any atom is -0.370 e. The summed E-state index contributed by atoms with van der Waals surface area (Å²) in [7, 11) is 1.68. The predicted molar refractivity (Wildman–Crippen MR) is 50.4 cm³/mol. The van der Waals surface area contributed by atoms with Gasteiger partial charge in [0, 0.05) is 7.11 Å². The number of aromatic nitrogens is 2. The molecule has 0 atom stereocenters. The van der Waals surface area contributed by atoms with Crippen LogP contribution in [0.25, 0.3) is 0 Å². The molecule has 0 bridgehead atoms. The zero-order valence-electron chi connectivity index (χ0n) is 8.73. The fourth-order valence-electron chi connectivity index (χ4n) is 2.03. The van der Waals surface area contributed by atoms with Crippen molar-refractivity contribution in [1.29, 1.82) is 0 Å². The van der Waals surface area contributed by atoms with Crippen LogP contribution in [0.2, 0.25) is 0 Å². The van der Waals surface area contributed by atoms with Gasteiger partial charge in [0.25, 0.3) is 5.89 Å². The third kappa shape index (κ3) is 1.88. The molecule has 1 aromatic rings. The molecular formula is C9H15N3O3. The Kier molecular flexibility index (Phi) is 2.99. The normalized spacial score (nSPS) is 19.6. The van der Waals surface area contributed by atoms with Crippen molar-refractivity contribution in [1.82, 2.24) is 10.1 Å². The van der Waals surface area contributed by atoms with Crippen molar-refractivity contribution in [3.8, 4) is 0 Å². The largest absolute Gasteiger partial charge is 0.370 e. The van der Waals surface area contributed by atoms with Crippen LogP contribution >= 0.6 is 0 Å². The Balaban J connectivity index is 2.19. The van der Waals surface area contributed by atoms with Crippen LogP contribution in [0.15, 0.2) is 4.52 Å². The van der Waals surface area contributed by atoms with Crippen LogP contribution in [0.3, 0.4) is 0 Å². The third-order valence-corrected chi connectivity index (χ3v) is 2.88. The average molecular weight is 213 g/mol. The van der Waals surface area contributed by atoms with Crippen molar-refractivity contribution in [3.63, 3.8) is 0 Å². The maximum absolute atomic E-state index is 5.52. The first-order valence-corrected chi connectivity index (χ1v) is 5.00. The summed E-state index contributed by atoms with van der Waals surface area (Å²) in [6, 6.07) is 0. The minimum atomic E-state index is -0.365. The summed E-state index contributed by atoms with van der Waals surface area (Å²) in [5, 5.41) is 3.91. The number of hydrogen-bond donors (Lipinski definition) is 1. The molecule has 1 aromatic heterocycles. The van der Waals surface area contributed by atoms with Gasteiger partial charge in [-0.25, -0.2) is 5.90 Å². The standard InChI is InChI=1S/C9H15N3O3/c1-13-9(4-2-3-5-9)8-11-7(6-14-10)15-12-8/h2-6,10H2,1H3. The SMILES string of the molecule is COC1(c2noc(CON)n2)CCCC1. The Morgan fingerprint density at radius 2 is 2.20 bits per heavy atom. The van der Waals surface area contributed by atoms with Gasteiger partial charge in [-0.1, -0.05) is 5.16 Å². The molecule has 1 fully saturated rings. The van der Waals surface area contributed by atoms with Crippen molar-refractivity contribution in [2.75, 3.05) is 7.11 Å². The predicted octanol–water partition coefficient (Wildman–Crippen LogP) is 0.876. The lowest BCUT2D eigenvalue weighted by Gasteiger charge is -2.22. The summed E-state index contributed by atoms with van der Waals surface area (Å²) in [4.78, 5) is 8.65. The molecule has 2 rings (SSSR count). The van der Waals surface area contributed by atoms with Gasteiger partial charge in [0.1, 0.15) is 12.2 Å². The number of methoxy groups -OCH3 is 1. The van der Waals surface area contributed by atoms with Gasteiger partial charge < -0.3 is 9.26 Å². The highest BCUT2D eigenvalue weighted by Gasteiger charge is 2.40. The summed E-state index contributed by atoms with van der Waals surface area (Å²) in [5.74, 6) is 5.92. The molecule has 0 aromatic carbocycles. The molecule has 0 unspecified atom stereocenters. The summed E-state index contributed by atoms with van der Waals surface area (Å²) in [6.07, 6.45) is 4.13. The summed E-state index contributed by atoms with van der Waals surface area (Å²) >= 11 is 0. The van der Waals surface area contributed by atoms with Gasteiger partial charge in [0.2, 0.25) is 5.82 Å². The lowest BCUT2D eigenvalue weighted by molar-refractivity contribution is -0.0178. The maximum Gasteiger partial charge on any atom is 0.254 e.